The van der Waals surface area contributed by atoms with E-state index in [1.807, 2.05) is 68.3 Å². The number of benzene rings is 2. The summed E-state index contributed by atoms with van der Waals surface area (Å²) in [6.45, 7) is 7.76. The van der Waals surface area contributed by atoms with Gasteiger partial charge in [-0.1, -0.05) is 41.9 Å². The highest BCUT2D eigenvalue weighted by atomic mass is 35.5. The number of rotatable bonds is 5. The molecule has 1 fully saturated rings. The van der Waals surface area contributed by atoms with Crippen molar-refractivity contribution in [3.63, 3.8) is 0 Å². The third kappa shape index (κ3) is 5.91. The minimum atomic E-state index is -0.506. The number of hydrogen-bond donors (Lipinski definition) is 2. The molecule has 6 nitrogen and oxygen atoms in total. The van der Waals surface area contributed by atoms with E-state index in [2.05, 4.69) is 39.6 Å². The van der Waals surface area contributed by atoms with Crippen LogP contribution in [0.25, 0.3) is 22.2 Å². The van der Waals surface area contributed by atoms with Crippen molar-refractivity contribution in [3.05, 3.63) is 83.1 Å². The summed E-state index contributed by atoms with van der Waals surface area (Å²) in [5.74, 6) is 0.192. The first-order chi connectivity index (χ1) is 17.8. The highest BCUT2D eigenvalue weighted by Gasteiger charge is 2.29. The van der Waals surface area contributed by atoms with Crippen LogP contribution in [-0.4, -0.2) is 39.7 Å². The van der Waals surface area contributed by atoms with E-state index in [4.69, 9.17) is 16.3 Å². The number of nitrogens with zero attached hydrogens (tertiary/aromatic N) is 2. The van der Waals surface area contributed by atoms with Crippen LogP contribution in [-0.2, 0) is 11.3 Å². The monoisotopic (exact) mass is 516 g/mol. The molecule has 0 spiro atoms. The topological polar surface area (TPSA) is 70.2 Å². The summed E-state index contributed by atoms with van der Waals surface area (Å²) in [5.41, 5.74) is 5.60. The van der Waals surface area contributed by atoms with Gasteiger partial charge in [-0.25, -0.2) is 9.78 Å². The summed E-state index contributed by atoms with van der Waals surface area (Å²) in [6, 6.07) is 20.5. The van der Waals surface area contributed by atoms with Gasteiger partial charge in [0.2, 0.25) is 0 Å². The second kappa shape index (κ2) is 10.5. The molecule has 192 valence electrons. The lowest BCUT2D eigenvalue weighted by Crippen LogP contribution is -2.42. The number of likely N-dealkylation sites (tertiary alicyclic amines) is 1. The highest BCUT2D eigenvalue weighted by Crippen LogP contribution is 2.37. The molecule has 2 N–H and O–H groups in total. The molecule has 1 saturated heterocycles. The molecule has 37 heavy (non-hydrogen) atoms. The fourth-order valence-corrected chi connectivity index (χ4v) is 5.09. The van der Waals surface area contributed by atoms with Crippen LogP contribution in [0.5, 0.6) is 0 Å². The molecule has 0 aliphatic carbocycles. The summed E-state index contributed by atoms with van der Waals surface area (Å²) < 4.78 is 5.61. The number of piperidine rings is 1. The standard InChI is InChI=1S/C30H33ClN4O2/c1-30(2,3)37-29(36)35-15-7-10-21(19-35)27-17-25-23(13-14-32-28(25)34-27)24-16-22(11-12-26(24)31)33-18-20-8-5-4-6-9-20/h4-6,8-9,11-14,16-17,21,33H,7,10,15,18-19H2,1-3H3,(H,32,34). The van der Waals surface area contributed by atoms with Gasteiger partial charge in [-0.05, 0) is 75.1 Å². The zero-order valence-corrected chi connectivity index (χ0v) is 22.3. The number of aromatic amines is 1. The van der Waals surface area contributed by atoms with Crippen molar-refractivity contribution in [2.45, 2.75) is 51.7 Å². The largest absolute Gasteiger partial charge is 0.444 e. The normalized spacial score (nSPS) is 16.1. The Labute approximate surface area is 223 Å². The van der Waals surface area contributed by atoms with Gasteiger partial charge in [-0.3, -0.25) is 0 Å². The van der Waals surface area contributed by atoms with Crippen LogP contribution >= 0.6 is 11.6 Å². The Bertz CT molecular complexity index is 1390. The molecule has 1 atom stereocenters. The second-order valence-electron chi connectivity index (χ2n) is 10.6. The molecule has 1 amide bonds. The minimum absolute atomic E-state index is 0.192. The lowest BCUT2D eigenvalue weighted by Gasteiger charge is -2.33. The molecular formula is C30H33ClN4O2. The predicted molar refractivity (Wildman–Crippen MR) is 150 cm³/mol. The van der Waals surface area contributed by atoms with Gasteiger partial charge in [0.25, 0.3) is 0 Å². The minimum Gasteiger partial charge on any atom is -0.444 e. The molecule has 3 heterocycles. The quantitative estimate of drug-likeness (QED) is 0.286. The van der Waals surface area contributed by atoms with Crippen molar-refractivity contribution in [1.82, 2.24) is 14.9 Å². The van der Waals surface area contributed by atoms with E-state index in [0.717, 1.165) is 52.9 Å². The zero-order valence-electron chi connectivity index (χ0n) is 21.6. The highest BCUT2D eigenvalue weighted by molar-refractivity contribution is 6.33. The molecule has 0 saturated carbocycles. The summed E-state index contributed by atoms with van der Waals surface area (Å²) in [5, 5.41) is 5.21. The summed E-state index contributed by atoms with van der Waals surface area (Å²) in [6.07, 6.45) is 3.49. The third-order valence-corrected chi connectivity index (χ3v) is 6.99. The Kier molecular flexibility index (Phi) is 7.11. The average Bonchev–Trinajstić information content (AvgIpc) is 3.33. The number of amides is 1. The number of halogens is 1. The van der Waals surface area contributed by atoms with Crippen molar-refractivity contribution in [2.75, 3.05) is 18.4 Å². The van der Waals surface area contributed by atoms with Crippen LogP contribution in [0.2, 0.25) is 5.02 Å². The van der Waals surface area contributed by atoms with Gasteiger partial charge in [-0.15, -0.1) is 0 Å². The Balaban J connectivity index is 1.40. The third-order valence-electron chi connectivity index (χ3n) is 6.66. The lowest BCUT2D eigenvalue weighted by atomic mass is 9.94. The molecule has 1 aliphatic rings. The fraction of sp³-hybridized carbons (Fsp3) is 0.333. The van der Waals surface area contributed by atoms with Crippen molar-refractivity contribution >= 4 is 34.4 Å². The van der Waals surface area contributed by atoms with E-state index in [0.29, 0.717) is 18.1 Å². The molecule has 5 rings (SSSR count). The summed E-state index contributed by atoms with van der Waals surface area (Å²) in [4.78, 5) is 22.6. The molecule has 0 radical (unpaired) electrons. The number of aromatic nitrogens is 2. The van der Waals surface area contributed by atoms with E-state index in [1.54, 1.807) is 0 Å². The maximum atomic E-state index is 12.7. The maximum Gasteiger partial charge on any atom is 0.410 e. The van der Waals surface area contributed by atoms with Crippen LogP contribution in [0.1, 0.15) is 50.8 Å². The number of carbonyl (C=O) groups is 1. The summed E-state index contributed by atoms with van der Waals surface area (Å²) >= 11 is 6.69. The summed E-state index contributed by atoms with van der Waals surface area (Å²) in [7, 11) is 0. The van der Waals surface area contributed by atoms with Gasteiger partial charge < -0.3 is 19.9 Å². The molecule has 4 aromatic rings. The average molecular weight is 517 g/mol. The second-order valence-corrected chi connectivity index (χ2v) is 11.1. The number of carbonyl (C=O) groups excluding carboxylic acids is 1. The van der Waals surface area contributed by atoms with Crippen molar-refractivity contribution in [1.29, 1.82) is 0 Å². The van der Waals surface area contributed by atoms with Gasteiger partial charge in [0, 0.05) is 59.1 Å². The van der Waals surface area contributed by atoms with Crippen LogP contribution in [0.15, 0.2) is 66.9 Å². The molecule has 1 aliphatic heterocycles. The van der Waals surface area contributed by atoms with E-state index < -0.39 is 5.60 Å². The van der Waals surface area contributed by atoms with Crippen molar-refractivity contribution in [2.24, 2.45) is 0 Å². The van der Waals surface area contributed by atoms with Gasteiger partial charge in [-0.2, -0.15) is 0 Å². The first kappa shape index (κ1) is 25.2. The SMILES string of the molecule is CC(C)(C)OC(=O)N1CCCC(c2cc3c(-c4cc(NCc5ccccc5)ccc4Cl)ccnc3[nH]2)C1. The Morgan fingerprint density at radius 1 is 1.14 bits per heavy atom. The van der Waals surface area contributed by atoms with E-state index in [1.165, 1.54) is 5.56 Å². The smallest absolute Gasteiger partial charge is 0.410 e. The Hall–Kier alpha value is -3.51. The van der Waals surface area contributed by atoms with E-state index in [-0.39, 0.29) is 12.0 Å². The van der Waals surface area contributed by atoms with Crippen LogP contribution in [0.4, 0.5) is 10.5 Å². The van der Waals surface area contributed by atoms with Gasteiger partial charge in [0.05, 0.1) is 0 Å². The zero-order chi connectivity index (χ0) is 26.0. The first-order valence-corrected chi connectivity index (χ1v) is 13.2. The molecule has 1 unspecified atom stereocenters. The number of fused-ring (bicyclic) bond motifs is 1. The molecule has 0 bridgehead atoms. The number of nitrogens with one attached hydrogen (secondary N) is 2. The molecule has 2 aromatic heterocycles. The molecule has 7 heteroatoms. The van der Waals surface area contributed by atoms with Gasteiger partial charge in [0.1, 0.15) is 11.2 Å². The van der Waals surface area contributed by atoms with Crippen LogP contribution < -0.4 is 5.32 Å². The fourth-order valence-electron chi connectivity index (χ4n) is 4.87. The van der Waals surface area contributed by atoms with Crippen molar-refractivity contribution in [3.8, 4) is 11.1 Å². The molecular weight excluding hydrogens is 484 g/mol. The number of pyridine rings is 1. The predicted octanol–water partition coefficient (Wildman–Crippen LogP) is 7.61. The van der Waals surface area contributed by atoms with Gasteiger partial charge in [0.15, 0.2) is 0 Å². The van der Waals surface area contributed by atoms with E-state index >= 15 is 0 Å². The number of anilines is 1. The van der Waals surface area contributed by atoms with Crippen LogP contribution in [0, 0.1) is 0 Å². The number of ether oxygens (including phenoxy) is 1. The number of hydrogen-bond acceptors (Lipinski definition) is 4. The number of H-pyrrole nitrogens is 1. The van der Waals surface area contributed by atoms with Gasteiger partial charge >= 0.3 is 6.09 Å². The van der Waals surface area contributed by atoms with Crippen molar-refractivity contribution < 1.29 is 9.53 Å². The lowest BCUT2D eigenvalue weighted by molar-refractivity contribution is 0.0197. The van der Waals surface area contributed by atoms with E-state index in [9.17, 15) is 4.79 Å². The van der Waals surface area contributed by atoms with Crippen LogP contribution in [0.3, 0.4) is 0 Å². The Morgan fingerprint density at radius 2 is 1.95 bits per heavy atom. The Morgan fingerprint density at radius 3 is 2.73 bits per heavy atom. The maximum absolute atomic E-state index is 12.7. The first-order valence-electron chi connectivity index (χ1n) is 12.8. The molecule has 2 aromatic carbocycles.